The summed E-state index contributed by atoms with van der Waals surface area (Å²) in [6.07, 6.45) is -17.3. The first-order chi connectivity index (χ1) is 25.0. The first-order valence-corrected chi connectivity index (χ1v) is 15.8. The first kappa shape index (κ1) is 43.4. The highest BCUT2D eigenvalue weighted by Gasteiger charge is 2.73. The van der Waals surface area contributed by atoms with Crippen LogP contribution in [0.5, 0.6) is 0 Å². The molecule has 1 aliphatic rings. The van der Waals surface area contributed by atoms with Crippen molar-refractivity contribution < 1.29 is 75.8 Å². The summed E-state index contributed by atoms with van der Waals surface area (Å²) in [5, 5.41) is 4.38. The molecule has 298 valence electrons. The molecular formula is C32H18Cl3F14N3O3. The maximum Gasteiger partial charge on any atom is 0.432 e. The van der Waals surface area contributed by atoms with Crippen LogP contribution in [0.2, 0.25) is 5.02 Å². The Morgan fingerprint density at radius 2 is 1.33 bits per heavy atom. The molecular weight excluding hydrogens is 847 g/mol. The number of allylic oxidation sites excluding steroid dienone is 2. The van der Waals surface area contributed by atoms with Gasteiger partial charge in [-0.05, 0) is 67.1 Å². The number of benzene rings is 3. The summed E-state index contributed by atoms with van der Waals surface area (Å²) in [4.78, 5) is 38.3. The number of alkyl halides is 14. The van der Waals surface area contributed by atoms with Gasteiger partial charge in [0.1, 0.15) is 15.8 Å². The Hall–Kier alpha value is -4.30. The van der Waals surface area contributed by atoms with Crippen LogP contribution < -0.4 is 16.0 Å². The van der Waals surface area contributed by atoms with Crippen LogP contribution >= 0.6 is 34.8 Å². The lowest BCUT2D eigenvalue weighted by Crippen LogP contribution is -2.59. The van der Waals surface area contributed by atoms with E-state index in [4.69, 9.17) is 34.8 Å². The van der Waals surface area contributed by atoms with Gasteiger partial charge in [-0.2, -0.15) is 48.3 Å². The van der Waals surface area contributed by atoms with Crippen LogP contribution in [0.25, 0.3) is 0 Å². The molecule has 23 heteroatoms. The summed E-state index contributed by atoms with van der Waals surface area (Å²) in [5.41, 5.74) is -13.7. The molecule has 3 unspecified atom stereocenters. The quantitative estimate of drug-likeness (QED) is 0.114. The van der Waals surface area contributed by atoms with Crippen LogP contribution in [0, 0.1) is 17.6 Å². The number of halogens is 17. The molecule has 3 N–H and O–H groups in total. The molecule has 1 fully saturated rings. The number of rotatable bonds is 9. The van der Waals surface area contributed by atoms with Crippen LogP contribution in [0.15, 0.2) is 60.7 Å². The summed E-state index contributed by atoms with van der Waals surface area (Å²) in [5.74, 6) is -18.9. The first-order valence-electron chi connectivity index (χ1n) is 14.6. The minimum Gasteiger partial charge on any atom is -0.326 e. The smallest absolute Gasteiger partial charge is 0.326 e. The van der Waals surface area contributed by atoms with Gasteiger partial charge in [0.05, 0.1) is 33.3 Å². The Morgan fingerprint density at radius 1 is 0.764 bits per heavy atom. The SMILES string of the molecule is C/C=C/C(F)(C(F)(F)F)C(F)(F)C(=O)Nc1c(F)ccc(NC(=O)c2cc(NC(=O)C3C(c4cc(C(F)(F)F)cc(C(F)(F)F)c4)C3(Cl)Cl)ccc2Cl)c1F. The van der Waals surface area contributed by atoms with E-state index in [0.717, 1.165) is 23.5 Å². The van der Waals surface area contributed by atoms with Gasteiger partial charge in [0.2, 0.25) is 5.91 Å². The van der Waals surface area contributed by atoms with Gasteiger partial charge in [0.15, 0.2) is 5.82 Å². The van der Waals surface area contributed by atoms with Gasteiger partial charge in [-0.15, -0.1) is 23.2 Å². The second kappa shape index (κ2) is 14.6. The highest BCUT2D eigenvalue weighted by molar-refractivity contribution is 6.53. The number of hydrogen-bond acceptors (Lipinski definition) is 3. The Bertz CT molecular complexity index is 2040. The van der Waals surface area contributed by atoms with Gasteiger partial charge in [-0.1, -0.05) is 17.7 Å². The number of amides is 3. The molecule has 3 atom stereocenters. The molecule has 3 aromatic carbocycles. The number of nitrogens with one attached hydrogen (secondary N) is 3. The minimum absolute atomic E-state index is 0.155. The fraction of sp³-hybridized carbons (Fsp3) is 0.281. The Balaban J connectivity index is 1.57. The van der Waals surface area contributed by atoms with E-state index in [1.54, 1.807) is 5.32 Å². The van der Waals surface area contributed by atoms with Gasteiger partial charge in [-0.3, -0.25) is 14.4 Å². The van der Waals surface area contributed by atoms with Crippen molar-refractivity contribution in [1.82, 2.24) is 0 Å². The van der Waals surface area contributed by atoms with Crippen molar-refractivity contribution in [3.8, 4) is 0 Å². The van der Waals surface area contributed by atoms with Gasteiger partial charge in [0.25, 0.3) is 17.5 Å². The molecule has 0 saturated heterocycles. The average molecular weight is 865 g/mol. The summed E-state index contributed by atoms with van der Waals surface area (Å²) in [6, 6.07) is 4.03. The molecule has 0 aliphatic heterocycles. The van der Waals surface area contributed by atoms with Gasteiger partial charge >= 0.3 is 24.5 Å². The molecule has 55 heavy (non-hydrogen) atoms. The molecule has 0 aromatic heterocycles. The van der Waals surface area contributed by atoms with Crippen molar-refractivity contribution in [2.75, 3.05) is 16.0 Å². The molecule has 0 heterocycles. The molecule has 3 amide bonds. The molecule has 0 spiro atoms. The molecule has 6 nitrogen and oxygen atoms in total. The van der Waals surface area contributed by atoms with E-state index in [9.17, 15) is 71.5 Å². The van der Waals surface area contributed by atoms with E-state index in [1.807, 2.05) is 0 Å². The third-order valence-corrected chi connectivity index (χ3v) is 9.18. The summed E-state index contributed by atoms with van der Waals surface area (Å²) in [6.45, 7) is 0.713. The zero-order valence-electron chi connectivity index (χ0n) is 26.6. The molecule has 4 rings (SSSR count). The van der Waals surface area contributed by atoms with Crippen molar-refractivity contribution in [2.45, 2.75) is 47.3 Å². The fourth-order valence-corrected chi connectivity index (χ4v) is 6.17. The third kappa shape index (κ3) is 8.45. The standard InChI is InChI=1S/C32H18Cl3F14N3O3/c1-2-7-27(38,32(47,48)49)29(39,40)26(55)52-23-18(36)5-6-19(22(23)37)51-24(53)16-11-15(3-4-17(16)33)50-25(54)21-20(28(21,34)35)12-8-13(30(41,42)43)10-14(9-12)31(44,45)46/h2-11,20-21H,1H3,(H,50,54)(H,51,53)(H,52,55)/b7-2+. The summed E-state index contributed by atoms with van der Waals surface area (Å²) in [7, 11) is 0. The fourth-order valence-electron chi connectivity index (χ4n) is 5.14. The van der Waals surface area contributed by atoms with Crippen LogP contribution in [0.4, 0.5) is 78.5 Å². The Labute approximate surface area is 313 Å². The molecule has 1 saturated carbocycles. The van der Waals surface area contributed by atoms with Gasteiger partial charge in [0, 0.05) is 11.6 Å². The maximum absolute atomic E-state index is 15.2. The number of hydrogen-bond donors (Lipinski definition) is 3. The Kier molecular flexibility index (Phi) is 11.6. The summed E-state index contributed by atoms with van der Waals surface area (Å²) < 4.78 is 191. The van der Waals surface area contributed by atoms with Crippen molar-refractivity contribution in [2.24, 2.45) is 5.92 Å². The second-order valence-electron chi connectivity index (χ2n) is 11.6. The second-order valence-corrected chi connectivity index (χ2v) is 13.5. The van der Waals surface area contributed by atoms with Crippen LogP contribution in [0.3, 0.4) is 0 Å². The van der Waals surface area contributed by atoms with E-state index >= 15 is 4.39 Å². The van der Waals surface area contributed by atoms with Crippen LogP contribution in [-0.2, 0) is 21.9 Å². The minimum atomic E-state index is -6.39. The van der Waals surface area contributed by atoms with Crippen LogP contribution in [0.1, 0.15) is 39.9 Å². The van der Waals surface area contributed by atoms with Crippen molar-refractivity contribution in [1.29, 1.82) is 0 Å². The predicted octanol–water partition coefficient (Wildman–Crippen LogP) is 10.9. The van der Waals surface area contributed by atoms with Crippen molar-refractivity contribution in [3.05, 3.63) is 99.6 Å². The molecule has 1 aliphatic carbocycles. The highest BCUT2D eigenvalue weighted by Crippen LogP contribution is 2.65. The van der Waals surface area contributed by atoms with E-state index in [2.05, 4.69) is 5.32 Å². The average Bonchev–Trinajstić information content (AvgIpc) is 3.65. The lowest BCUT2D eigenvalue weighted by molar-refractivity contribution is -0.273. The highest BCUT2D eigenvalue weighted by atomic mass is 35.5. The molecule has 0 bridgehead atoms. The van der Waals surface area contributed by atoms with Crippen LogP contribution in [-0.4, -0.2) is 39.8 Å². The van der Waals surface area contributed by atoms with E-state index in [1.165, 1.54) is 0 Å². The third-order valence-electron chi connectivity index (χ3n) is 7.91. The lowest BCUT2D eigenvalue weighted by Gasteiger charge is -2.31. The maximum atomic E-state index is 15.2. The zero-order valence-corrected chi connectivity index (χ0v) is 28.8. The van der Waals surface area contributed by atoms with E-state index in [0.29, 0.717) is 25.1 Å². The summed E-state index contributed by atoms with van der Waals surface area (Å²) >= 11 is 18.2. The predicted molar refractivity (Wildman–Crippen MR) is 170 cm³/mol. The molecule has 3 aromatic rings. The van der Waals surface area contributed by atoms with E-state index in [-0.39, 0.29) is 23.9 Å². The zero-order chi connectivity index (χ0) is 41.9. The monoisotopic (exact) mass is 863 g/mol. The topological polar surface area (TPSA) is 87.3 Å². The van der Waals surface area contributed by atoms with Crippen molar-refractivity contribution >= 4 is 69.6 Å². The number of carbonyl (C=O) groups is 3. The number of anilines is 3. The van der Waals surface area contributed by atoms with E-state index < -0.39 is 120 Å². The van der Waals surface area contributed by atoms with Crippen molar-refractivity contribution in [3.63, 3.8) is 0 Å². The lowest BCUT2D eigenvalue weighted by atomic mass is 9.95. The molecule has 0 radical (unpaired) electrons. The van der Waals surface area contributed by atoms with Gasteiger partial charge in [-0.25, -0.2) is 13.2 Å². The number of carbonyl (C=O) groups excluding carboxylic acids is 3. The van der Waals surface area contributed by atoms with Gasteiger partial charge < -0.3 is 16.0 Å². The Morgan fingerprint density at radius 3 is 1.84 bits per heavy atom. The normalized spacial score (nSPS) is 18.4. The largest absolute Gasteiger partial charge is 0.432 e.